The number of para-hydroxylation sites is 1. The average molecular weight is 368 g/mol. The van der Waals surface area contributed by atoms with Crippen molar-refractivity contribution in [1.29, 1.82) is 0 Å². The number of piperidine rings is 1. The van der Waals surface area contributed by atoms with Crippen molar-refractivity contribution in [2.75, 3.05) is 31.6 Å². The van der Waals surface area contributed by atoms with Crippen molar-refractivity contribution in [2.24, 2.45) is 5.92 Å². The highest BCUT2D eigenvalue weighted by Gasteiger charge is 2.24. The molecular weight excluding hydrogens is 340 g/mol. The molecule has 4 rings (SSSR count). The van der Waals surface area contributed by atoms with Crippen LogP contribution in [0.1, 0.15) is 36.6 Å². The van der Waals surface area contributed by atoms with Crippen molar-refractivity contribution in [3.8, 4) is 5.75 Å². The Morgan fingerprint density at radius 2 is 2.15 bits per heavy atom. The Hall–Kier alpha value is -2.34. The molecule has 0 aliphatic carbocycles. The van der Waals surface area contributed by atoms with E-state index in [4.69, 9.17) is 9.72 Å². The van der Waals surface area contributed by atoms with E-state index in [0.29, 0.717) is 12.5 Å². The number of rotatable bonds is 4. The van der Waals surface area contributed by atoms with Gasteiger partial charge < -0.3 is 9.64 Å². The topological polar surface area (TPSA) is 61.5 Å². The predicted molar refractivity (Wildman–Crippen MR) is 106 cm³/mol. The van der Waals surface area contributed by atoms with Crippen molar-refractivity contribution in [3.63, 3.8) is 0 Å². The molecule has 2 aliphatic rings. The van der Waals surface area contributed by atoms with Crippen LogP contribution in [0.25, 0.3) is 0 Å². The SMILES string of the molecule is COc1ccccc1CN1CCc2c(nc(N3CCC[C@@H](C)C3)[nH]c2=O)C1. The molecule has 2 aromatic rings. The Balaban J connectivity index is 1.55. The molecule has 1 aromatic carbocycles. The second kappa shape index (κ2) is 7.72. The molecule has 0 saturated carbocycles. The lowest BCUT2D eigenvalue weighted by Crippen LogP contribution is -2.39. The summed E-state index contributed by atoms with van der Waals surface area (Å²) in [5.41, 5.74) is 2.97. The van der Waals surface area contributed by atoms with Crippen LogP contribution in [-0.2, 0) is 19.5 Å². The van der Waals surface area contributed by atoms with Crippen LogP contribution in [0.4, 0.5) is 5.95 Å². The van der Waals surface area contributed by atoms with Crippen LogP contribution in [0.2, 0.25) is 0 Å². The molecule has 144 valence electrons. The third-order valence-electron chi connectivity index (χ3n) is 5.68. The molecule has 0 unspecified atom stereocenters. The normalized spacial score (nSPS) is 20.4. The van der Waals surface area contributed by atoms with Crippen molar-refractivity contribution >= 4 is 5.95 Å². The Morgan fingerprint density at radius 3 is 2.96 bits per heavy atom. The first-order valence-electron chi connectivity index (χ1n) is 9.85. The first-order valence-corrected chi connectivity index (χ1v) is 9.85. The minimum absolute atomic E-state index is 0.0326. The fraction of sp³-hybridized carbons (Fsp3) is 0.524. The second-order valence-electron chi connectivity index (χ2n) is 7.78. The van der Waals surface area contributed by atoms with Gasteiger partial charge in [-0.15, -0.1) is 0 Å². The maximum absolute atomic E-state index is 12.6. The number of ether oxygens (including phenoxy) is 1. The molecule has 3 heterocycles. The minimum Gasteiger partial charge on any atom is -0.496 e. The summed E-state index contributed by atoms with van der Waals surface area (Å²) in [4.78, 5) is 25.1. The molecule has 0 bridgehead atoms. The Kier molecular flexibility index (Phi) is 5.16. The molecular formula is C21H28N4O2. The molecule has 0 spiro atoms. The molecule has 0 radical (unpaired) electrons. The van der Waals surface area contributed by atoms with E-state index >= 15 is 0 Å². The quantitative estimate of drug-likeness (QED) is 0.899. The summed E-state index contributed by atoms with van der Waals surface area (Å²) in [5.74, 6) is 2.29. The molecule has 2 aliphatic heterocycles. The van der Waals surface area contributed by atoms with E-state index in [-0.39, 0.29) is 5.56 Å². The monoisotopic (exact) mass is 368 g/mol. The zero-order valence-corrected chi connectivity index (χ0v) is 16.2. The van der Waals surface area contributed by atoms with Crippen LogP contribution in [0, 0.1) is 5.92 Å². The highest BCUT2D eigenvalue weighted by atomic mass is 16.5. The Morgan fingerprint density at radius 1 is 1.30 bits per heavy atom. The van der Waals surface area contributed by atoms with Gasteiger partial charge in [-0.1, -0.05) is 25.1 Å². The number of H-pyrrole nitrogens is 1. The van der Waals surface area contributed by atoms with Gasteiger partial charge in [0.15, 0.2) is 0 Å². The summed E-state index contributed by atoms with van der Waals surface area (Å²) >= 11 is 0. The molecule has 1 atom stereocenters. The number of benzene rings is 1. The maximum atomic E-state index is 12.6. The van der Waals surface area contributed by atoms with Crippen LogP contribution in [0.15, 0.2) is 29.1 Å². The Bertz CT molecular complexity index is 864. The number of anilines is 1. The first-order chi connectivity index (χ1) is 13.1. The van der Waals surface area contributed by atoms with Crippen LogP contribution >= 0.6 is 0 Å². The minimum atomic E-state index is 0.0326. The second-order valence-corrected chi connectivity index (χ2v) is 7.78. The van der Waals surface area contributed by atoms with Gasteiger partial charge in [0.2, 0.25) is 5.95 Å². The average Bonchev–Trinajstić information content (AvgIpc) is 2.68. The molecule has 6 heteroatoms. The number of aromatic amines is 1. The summed E-state index contributed by atoms with van der Waals surface area (Å²) in [6, 6.07) is 8.11. The van der Waals surface area contributed by atoms with Crippen molar-refractivity contribution in [3.05, 3.63) is 51.4 Å². The van der Waals surface area contributed by atoms with Gasteiger partial charge in [0, 0.05) is 43.9 Å². The standard InChI is InChI=1S/C21H28N4O2/c1-15-6-5-10-25(12-15)21-22-18-14-24(11-9-17(18)20(26)23-21)13-16-7-3-4-8-19(16)27-2/h3-4,7-8,15H,5-6,9-14H2,1-2H3,(H,22,23,26)/t15-/m1/s1. The molecule has 1 saturated heterocycles. The van der Waals surface area contributed by atoms with Gasteiger partial charge in [-0.3, -0.25) is 14.7 Å². The summed E-state index contributed by atoms with van der Waals surface area (Å²) in [7, 11) is 1.71. The fourth-order valence-electron chi connectivity index (χ4n) is 4.22. The molecule has 1 aromatic heterocycles. The van der Waals surface area contributed by atoms with Gasteiger partial charge in [-0.2, -0.15) is 0 Å². The molecule has 27 heavy (non-hydrogen) atoms. The van der Waals surface area contributed by atoms with E-state index < -0.39 is 0 Å². The van der Waals surface area contributed by atoms with E-state index in [1.165, 1.54) is 12.0 Å². The summed E-state index contributed by atoms with van der Waals surface area (Å²) in [6.45, 7) is 6.55. The number of methoxy groups -OCH3 is 1. The van der Waals surface area contributed by atoms with Crippen molar-refractivity contribution < 1.29 is 4.74 Å². The summed E-state index contributed by atoms with van der Waals surface area (Å²) in [6.07, 6.45) is 3.14. The number of hydrogen-bond acceptors (Lipinski definition) is 5. The molecule has 1 fully saturated rings. The van der Waals surface area contributed by atoms with Gasteiger partial charge in [-0.05, 0) is 31.2 Å². The van der Waals surface area contributed by atoms with Crippen LogP contribution in [0.5, 0.6) is 5.75 Å². The highest BCUT2D eigenvalue weighted by Crippen LogP contribution is 2.24. The van der Waals surface area contributed by atoms with E-state index in [2.05, 4.69) is 27.8 Å². The number of nitrogens with zero attached hydrogens (tertiary/aromatic N) is 3. The van der Waals surface area contributed by atoms with E-state index in [1.807, 2.05) is 18.2 Å². The number of nitrogens with one attached hydrogen (secondary N) is 1. The van der Waals surface area contributed by atoms with E-state index in [1.54, 1.807) is 7.11 Å². The fourth-order valence-corrected chi connectivity index (χ4v) is 4.22. The van der Waals surface area contributed by atoms with Crippen molar-refractivity contribution in [2.45, 2.75) is 39.3 Å². The number of aromatic nitrogens is 2. The lowest BCUT2D eigenvalue weighted by Gasteiger charge is -2.33. The summed E-state index contributed by atoms with van der Waals surface area (Å²) in [5, 5.41) is 0. The third-order valence-corrected chi connectivity index (χ3v) is 5.68. The third kappa shape index (κ3) is 3.86. The van der Waals surface area contributed by atoms with Crippen molar-refractivity contribution in [1.82, 2.24) is 14.9 Å². The van der Waals surface area contributed by atoms with Crippen LogP contribution in [-0.4, -0.2) is 41.6 Å². The largest absolute Gasteiger partial charge is 0.496 e. The van der Waals surface area contributed by atoms with E-state index in [9.17, 15) is 4.79 Å². The predicted octanol–water partition coefficient (Wildman–Crippen LogP) is 2.57. The van der Waals surface area contributed by atoms with Gasteiger partial charge in [0.05, 0.1) is 12.8 Å². The zero-order valence-electron chi connectivity index (χ0n) is 16.2. The van der Waals surface area contributed by atoms with Gasteiger partial charge in [0.25, 0.3) is 5.56 Å². The zero-order chi connectivity index (χ0) is 18.8. The first kappa shape index (κ1) is 18.0. The van der Waals surface area contributed by atoms with E-state index in [0.717, 1.165) is 62.0 Å². The molecule has 1 N–H and O–H groups in total. The Labute approximate surface area is 160 Å². The van der Waals surface area contributed by atoms with Gasteiger partial charge in [0.1, 0.15) is 5.75 Å². The van der Waals surface area contributed by atoms with Gasteiger partial charge in [-0.25, -0.2) is 4.98 Å². The molecule has 0 amide bonds. The number of fused-ring (bicyclic) bond motifs is 1. The molecule has 6 nitrogen and oxygen atoms in total. The lowest BCUT2D eigenvalue weighted by atomic mass is 10.0. The maximum Gasteiger partial charge on any atom is 0.255 e. The lowest BCUT2D eigenvalue weighted by molar-refractivity contribution is 0.237. The van der Waals surface area contributed by atoms with Gasteiger partial charge >= 0.3 is 0 Å². The van der Waals surface area contributed by atoms with Crippen LogP contribution in [0.3, 0.4) is 0 Å². The smallest absolute Gasteiger partial charge is 0.255 e. The van der Waals surface area contributed by atoms with Crippen LogP contribution < -0.4 is 15.2 Å². The number of hydrogen-bond donors (Lipinski definition) is 1. The summed E-state index contributed by atoms with van der Waals surface area (Å²) < 4.78 is 5.48. The highest BCUT2D eigenvalue weighted by molar-refractivity contribution is 5.36.